The largest absolute Gasteiger partial charge is 0.391 e. The summed E-state index contributed by atoms with van der Waals surface area (Å²) in [4.78, 5) is 12.2. The molecule has 0 amide bonds. The van der Waals surface area contributed by atoms with Crippen molar-refractivity contribution in [3.05, 3.63) is 0 Å². The van der Waals surface area contributed by atoms with Gasteiger partial charge in [-0.1, -0.05) is 0 Å². The highest BCUT2D eigenvalue weighted by molar-refractivity contribution is 5.87. The van der Waals surface area contributed by atoms with Crippen LogP contribution in [0, 0.1) is 0 Å². The van der Waals surface area contributed by atoms with E-state index in [0.717, 1.165) is 0 Å². The number of carbonyl (C=O) groups excluding carboxylic acids is 1. The zero-order valence-electron chi connectivity index (χ0n) is 13.4. The summed E-state index contributed by atoms with van der Waals surface area (Å²) in [6, 6.07) is -0.662. The molecule has 0 radical (unpaired) electrons. The fraction of sp³-hybridized carbons (Fsp3) is 0.929. The van der Waals surface area contributed by atoms with Gasteiger partial charge in [0.2, 0.25) is 6.29 Å². The molecule has 2 aliphatic heterocycles. The molecule has 9 nitrogen and oxygen atoms in total. The lowest BCUT2D eigenvalue weighted by atomic mass is 9.79. The van der Waals surface area contributed by atoms with E-state index < -0.39 is 54.0 Å². The predicted octanol–water partition coefficient (Wildman–Crippen LogP) is -2.58. The number of aliphatic hydroxyl groups is 3. The smallest absolute Gasteiger partial charge is 0.280 e. The minimum atomic E-state index is -2.23. The van der Waals surface area contributed by atoms with E-state index in [1.54, 1.807) is 21.0 Å². The molecule has 1 saturated carbocycles. The summed E-state index contributed by atoms with van der Waals surface area (Å²) in [5, 5.41) is 37.2. The van der Waals surface area contributed by atoms with Gasteiger partial charge in [0.15, 0.2) is 11.5 Å². The second kappa shape index (κ2) is 5.71. The number of nitrogens with one attached hydrogen (secondary N) is 2. The maximum Gasteiger partial charge on any atom is 0.280 e. The molecule has 9 heteroatoms. The monoisotopic (exact) mass is 332 g/mol. The first kappa shape index (κ1) is 17.2. The fourth-order valence-corrected chi connectivity index (χ4v) is 3.72. The summed E-state index contributed by atoms with van der Waals surface area (Å²) in [6.07, 6.45) is -4.76. The van der Waals surface area contributed by atoms with Crippen LogP contribution in [0.4, 0.5) is 0 Å². The zero-order valence-corrected chi connectivity index (χ0v) is 13.4. The van der Waals surface area contributed by atoms with Crippen LogP contribution >= 0.6 is 0 Å². The minimum absolute atomic E-state index is 0.000118. The molecular weight excluding hydrogens is 308 g/mol. The summed E-state index contributed by atoms with van der Waals surface area (Å²) in [7, 11) is 3.19. The van der Waals surface area contributed by atoms with E-state index in [1.165, 1.54) is 0 Å². The first-order valence-electron chi connectivity index (χ1n) is 7.77. The molecule has 5 N–H and O–H groups in total. The number of ether oxygens (including phenoxy) is 3. The van der Waals surface area contributed by atoms with Crippen molar-refractivity contribution in [3.63, 3.8) is 0 Å². The number of carbonyl (C=O) groups is 1. The van der Waals surface area contributed by atoms with Gasteiger partial charge >= 0.3 is 0 Å². The molecule has 8 atom stereocenters. The standard InChI is InChI=1S/C14H24N2O7/c1-6-4-8(18)14(20)12(21-6)23-13(16-3)9(22-14)5-7(17)10(15-2)11(13)19/h6-7,9-12,15-17,19-20H,4-5H2,1-3H3. The van der Waals surface area contributed by atoms with Crippen molar-refractivity contribution in [2.75, 3.05) is 14.1 Å². The highest BCUT2D eigenvalue weighted by atomic mass is 16.8. The second-order valence-corrected chi connectivity index (χ2v) is 6.43. The van der Waals surface area contributed by atoms with Crippen LogP contribution in [0.1, 0.15) is 19.8 Å². The van der Waals surface area contributed by atoms with Crippen LogP contribution in [0.2, 0.25) is 0 Å². The van der Waals surface area contributed by atoms with E-state index in [2.05, 4.69) is 10.6 Å². The lowest BCUT2D eigenvalue weighted by Crippen LogP contribution is -2.81. The van der Waals surface area contributed by atoms with Crippen LogP contribution in [0.3, 0.4) is 0 Å². The Labute approximate surface area is 133 Å². The van der Waals surface area contributed by atoms with Gasteiger partial charge in [0.1, 0.15) is 12.2 Å². The summed E-state index contributed by atoms with van der Waals surface area (Å²) >= 11 is 0. The number of hydrogen-bond acceptors (Lipinski definition) is 9. The molecule has 0 spiro atoms. The van der Waals surface area contributed by atoms with Gasteiger partial charge in [-0.05, 0) is 21.0 Å². The number of aliphatic hydroxyl groups excluding tert-OH is 2. The van der Waals surface area contributed by atoms with Crippen molar-refractivity contribution in [2.24, 2.45) is 0 Å². The predicted molar refractivity (Wildman–Crippen MR) is 76.1 cm³/mol. The van der Waals surface area contributed by atoms with Crippen LogP contribution in [-0.4, -0.2) is 83.5 Å². The average Bonchev–Trinajstić information content (AvgIpc) is 2.48. The lowest BCUT2D eigenvalue weighted by Gasteiger charge is -2.58. The van der Waals surface area contributed by atoms with E-state index in [9.17, 15) is 20.1 Å². The molecule has 2 saturated heterocycles. The van der Waals surface area contributed by atoms with E-state index in [-0.39, 0.29) is 12.8 Å². The molecule has 2 heterocycles. The molecule has 8 unspecified atom stereocenters. The first-order valence-corrected chi connectivity index (χ1v) is 7.77. The molecule has 0 aromatic carbocycles. The normalized spacial score (nSPS) is 53.6. The number of fused-ring (bicyclic) bond motifs is 2. The zero-order chi connectivity index (χ0) is 17.0. The Balaban J connectivity index is 1.97. The molecule has 0 aromatic heterocycles. The number of hydrogen-bond donors (Lipinski definition) is 5. The van der Waals surface area contributed by atoms with E-state index in [1.807, 2.05) is 0 Å². The quantitative estimate of drug-likeness (QED) is 0.370. The fourth-order valence-electron chi connectivity index (χ4n) is 3.72. The topological polar surface area (TPSA) is 130 Å². The van der Waals surface area contributed by atoms with Gasteiger partial charge < -0.3 is 34.8 Å². The van der Waals surface area contributed by atoms with Crippen LogP contribution in [0.5, 0.6) is 0 Å². The minimum Gasteiger partial charge on any atom is -0.391 e. The van der Waals surface area contributed by atoms with Crippen molar-refractivity contribution < 1.29 is 34.3 Å². The van der Waals surface area contributed by atoms with Gasteiger partial charge in [-0.2, -0.15) is 0 Å². The summed E-state index contributed by atoms with van der Waals surface area (Å²) in [5.41, 5.74) is -1.42. The van der Waals surface area contributed by atoms with Gasteiger partial charge in [0, 0.05) is 12.8 Å². The summed E-state index contributed by atoms with van der Waals surface area (Å²) in [6.45, 7) is 1.69. The number of likely N-dealkylation sites (N-methyl/N-ethyl adjacent to an activating group) is 2. The average molecular weight is 332 g/mol. The summed E-state index contributed by atoms with van der Waals surface area (Å²) in [5.74, 6) is -2.77. The Morgan fingerprint density at radius 3 is 2.57 bits per heavy atom. The molecular formula is C14H24N2O7. The summed E-state index contributed by atoms with van der Waals surface area (Å²) < 4.78 is 17.0. The molecule has 0 aromatic rings. The molecule has 3 rings (SSSR count). The van der Waals surface area contributed by atoms with E-state index >= 15 is 0 Å². The van der Waals surface area contributed by atoms with Crippen LogP contribution in [0.15, 0.2) is 0 Å². The lowest BCUT2D eigenvalue weighted by molar-refractivity contribution is -0.448. The van der Waals surface area contributed by atoms with Gasteiger partial charge in [-0.25, -0.2) is 0 Å². The van der Waals surface area contributed by atoms with E-state index in [0.29, 0.717) is 0 Å². The van der Waals surface area contributed by atoms with Gasteiger partial charge in [0.05, 0.1) is 18.2 Å². The van der Waals surface area contributed by atoms with Crippen molar-refractivity contribution in [1.29, 1.82) is 0 Å². The number of rotatable bonds is 2. The third-order valence-electron chi connectivity index (χ3n) is 5.02. The van der Waals surface area contributed by atoms with Gasteiger partial charge in [-0.3, -0.25) is 10.1 Å². The van der Waals surface area contributed by atoms with E-state index in [4.69, 9.17) is 14.2 Å². The maximum absolute atomic E-state index is 12.2. The Kier molecular flexibility index (Phi) is 4.27. The Bertz CT molecular complexity index is 492. The third kappa shape index (κ3) is 2.35. The van der Waals surface area contributed by atoms with Crippen LogP contribution < -0.4 is 10.6 Å². The van der Waals surface area contributed by atoms with Crippen LogP contribution in [0.25, 0.3) is 0 Å². The highest BCUT2D eigenvalue weighted by Crippen LogP contribution is 2.44. The SMILES string of the molecule is CNC1C(O)CC2OC3(O)C(=O)CC(C)OC3OC2(NC)C1O. The Morgan fingerprint density at radius 1 is 1.26 bits per heavy atom. The first-order chi connectivity index (χ1) is 10.8. The third-order valence-corrected chi connectivity index (χ3v) is 5.02. The number of ketones is 1. The second-order valence-electron chi connectivity index (χ2n) is 6.43. The van der Waals surface area contributed by atoms with Crippen molar-refractivity contribution in [2.45, 2.75) is 68.0 Å². The highest BCUT2D eigenvalue weighted by Gasteiger charge is 2.67. The maximum atomic E-state index is 12.2. The molecule has 3 aliphatic rings. The molecule has 132 valence electrons. The van der Waals surface area contributed by atoms with Crippen molar-refractivity contribution >= 4 is 5.78 Å². The Morgan fingerprint density at radius 2 is 1.96 bits per heavy atom. The number of Topliss-reactive ketones (excluding diaryl/α,β-unsaturated/α-hetero) is 1. The molecule has 23 heavy (non-hydrogen) atoms. The van der Waals surface area contributed by atoms with Gasteiger partial charge in [0.25, 0.3) is 5.79 Å². The van der Waals surface area contributed by atoms with Crippen molar-refractivity contribution in [1.82, 2.24) is 10.6 Å². The van der Waals surface area contributed by atoms with Crippen molar-refractivity contribution in [3.8, 4) is 0 Å². The molecule has 0 bridgehead atoms. The molecule has 3 fully saturated rings. The Hall–Kier alpha value is -0.650. The van der Waals surface area contributed by atoms with Gasteiger partial charge in [-0.15, -0.1) is 0 Å². The molecule has 1 aliphatic carbocycles. The van der Waals surface area contributed by atoms with Crippen LogP contribution in [-0.2, 0) is 19.0 Å².